The summed E-state index contributed by atoms with van der Waals surface area (Å²) in [5.41, 5.74) is 6.40. The Kier molecular flexibility index (Phi) is 6.50. The molecule has 3 amide bonds. The molecule has 2 aromatic rings. The molecule has 29 heavy (non-hydrogen) atoms. The van der Waals surface area contributed by atoms with Crippen LogP contribution in [-0.2, 0) is 6.42 Å². The molecule has 0 aromatic heterocycles. The normalized spacial score (nSPS) is 13.0. The quantitative estimate of drug-likeness (QED) is 0.518. The summed E-state index contributed by atoms with van der Waals surface area (Å²) in [6, 6.07) is 9.94. The Labute approximate surface area is 167 Å². The van der Waals surface area contributed by atoms with Gasteiger partial charge in [-0.3, -0.25) is 10.0 Å². The highest BCUT2D eigenvalue weighted by Crippen LogP contribution is 2.24. The van der Waals surface area contributed by atoms with Crippen LogP contribution in [0.3, 0.4) is 0 Å². The van der Waals surface area contributed by atoms with Crippen LogP contribution in [0.2, 0.25) is 0 Å². The van der Waals surface area contributed by atoms with Crippen LogP contribution in [0.1, 0.15) is 15.9 Å². The zero-order valence-electron chi connectivity index (χ0n) is 15.7. The number of urea groups is 1. The van der Waals surface area contributed by atoms with Crippen LogP contribution in [-0.4, -0.2) is 60.0 Å². The summed E-state index contributed by atoms with van der Waals surface area (Å²) < 4.78 is 24.0. The number of ether oxygens (including phenoxy) is 2. The number of fused-ring (bicyclic) bond motifs is 1. The van der Waals surface area contributed by atoms with Crippen molar-refractivity contribution in [3.05, 3.63) is 59.4 Å². The highest BCUT2D eigenvalue weighted by atomic mass is 19.1. The zero-order chi connectivity index (χ0) is 20.8. The van der Waals surface area contributed by atoms with Gasteiger partial charge in [-0.25, -0.2) is 14.2 Å². The van der Waals surface area contributed by atoms with Crippen LogP contribution in [0, 0.1) is 5.82 Å². The molecule has 0 unspecified atom stereocenters. The van der Waals surface area contributed by atoms with Crippen molar-refractivity contribution in [1.29, 1.82) is 0 Å². The summed E-state index contributed by atoms with van der Waals surface area (Å²) in [5, 5.41) is 9.59. The van der Waals surface area contributed by atoms with Gasteiger partial charge in [0.15, 0.2) is 0 Å². The minimum Gasteiger partial charge on any atom is -0.492 e. The number of hydrogen-bond donors (Lipinski definition) is 2. The van der Waals surface area contributed by atoms with Crippen molar-refractivity contribution in [2.75, 3.05) is 32.8 Å². The van der Waals surface area contributed by atoms with Gasteiger partial charge >= 0.3 is 6.03 Å². The Balaban J connectivity index is 1.51. The van der Waals surface area contributed by atoms with Crippen molar-refractivity contribution >= 4 is 11.9 Å². The molecule has 1 aliphatic rings. The molecule has 8 nitrogen and oxygen atoms in total. The van der Waals surface area contributed by atoms with Crippen molar-refractivity contribution in [1.82, 2.24) is 9.96 Å². The van der Waals surface area contributed by atoms with Crippen molar-refractivity contribution < 1.29 is 28.7 Å². The Morgan fingerprint density at radius 3 is 2.55 bits per heavy atom. The van der Waals surface area contributed by atoms with Crippen molar-refractivity contribution in [2.45, 2.75) is 6.42 Å². The van der Waals surface area contributed by atoms with E-state index in [0.717, 1.165) is 5.56 Å². The predicted molar refractivity (Wildman–Crippen MR) is 102 cm³/mol. The maximum Gasteiger partial charge on any atom is 0.338 e. The van der Waals surface area contributed by atoms with Crippen LogP contribution in [0.15, 0.2) is 42.5 Å². The van der Waals surface area contributed by atoms with Crippen molar-refractivity contribution in [3.8, 4) is 11.5 Å². The molecule has 1 aliphatic heterocycles. The summed E-state index contributed by atoms with van der Waals surface area (Å²) >= 11 is 0. The number of carbonyl (C=O) groups excluding carboxylic acids is 2. The van der Waals surface area contributed by atoms with Gasteiger partial charge in [-0.05, 0) is 54.4 Å². The third-order valence-corrected chi connectivity index (χ3v) is 4.52. The average molecular weight is 403 g/mol. The van der Waals surface area contributed by atoms with Gasteiger partial charge in [0.2, 0.25) is 0 Å². The van der Waals surface area contributed by atoms with E-state index in [0.29, 0.717) is 48.2 Å². The van der Waals surface area contributed by atoms with Crippen LogP contribution in [0.25, 0.3) is 0 Å². The first kappa shape index (κ1) is 20.4. The molecule has 0 radical (unpaired) electrons. The Morgan fingerprint density at radius 1 is 1.14 bits per heavy atom. The standard InChI is InChI=1S/C20H22FN3O5/c21-15-1-3-16(4-2-15)28-11-9-23-8-7-14-13-17(5-6-18(14)19(23)25)29-12-10-24(27)20(22)26/h1-6,13,27H,7-12H2,(H2,22,26). The third-order valence-electron chi connectivity index (χ3n) is 4.52. The smallest absolute Gasteiger partial charge is 0.338 e. The fraction of sp³-hybridized carbons (Fsp3) is 0.300. The lowest BCUT2D eigenvalue weighted by Gasteiger charge is -2.28. The van der Waals surface area contributed by atoms with Crippen LogP contribution in [0.5, 0.6) is 11.5 Å². The van der Waals surface area contributed by atoms with Gasteiger partial charge in [-0.15, -0.1) is 0 Å². The molecule has 0 saturated carbocycles. The molecule has 2 aromatic carbocycles. The number of benzene rings is 2. The first-order valence-electron chi connectivity index (χ1n) is 9.13. The molecule has 3 N–H and O–H groups in total. The highest BCUT2D eigenvalue weighted by molar-refractivity contribution is 5.97. The molecule has 0 fully saturated rings. The lowest BCUT2D eigenvalue weighted by molar-refractivity contribution is -0.0464. The van der Waals surface area contributed by atoms with Crippen LogP contribution < -0.4 is 15.2 Å². The van der Waals surface area contributed by atoms with Gasteiger partial charge in [-0.2, -0.15) is 0 Å². The largest absolute Gasteiger partial charge is 0.492 e. The number of hydroxylamine groups is 2. The number of halogens is 1. The molecule has 0 aliphatic carbocycles. The van der Waals surface area contributed by atoms with E-state index in [1.165, 1.54) is 12.1 Å². The molecular weight excluding hydrogens is 381 g/mol. The molecule has 0 saturated heterocycles. The molecule has 0 spiro atoms. The summed E-state index contributed by atoms with van der Waals surface area (Å²) in [6.07, 6.45) is 0.669. The number of nitrogens with zero attached hydrogens (tertiary/aromatic N) is 2. The summed E-state index contributed by atoms with van der Waals surface area (Å²) in [6.45, 7) is 1.29. The molecule has 0 bridgehead atoms. The second-order valence-electron chi connectivity index (χ2n) is 6.47. The second-order valence-corrected chi connectivity index (χ2v) is 6.47. The van der Waals surface area contributed by atoms with E-state index >= 15 is 0 Å². The maximum absolute atomic E-state index is 12.9. The van der Waals surface area contributed by atoms with E-state index in [1.54, 1.807) is 35.2 Å². The second kappa shape index (κ2) is 9.24. The van der Waals surface area contributed by atoms with E-state index in [1.807, 2.05) is 0 Å². The van der Waals surface area contributed by atoms with Crippen LogP contribution in [0.4, 0.5) is 9.18 Å². The summed E-state index contributed by atoms with van der Waals surface area (Å²) in [4.78, 5) is 25.1. The number of hydrogen-bond acceptors (Lipinski definition) is 5. The van der Waals surface area contributed by atoms with Crippen LogP contribution >= 0.6 is 0 Å². The average Bonchev–Trinajstić information content (AvgIpc) is 2.71. The number of rotatable bonds is 8. The van der Waals surface area contributed by atoms with Gasteiger partial charge in [0.05, 0.1) is 13.1 Å². The minimum atomic E-state index is -0.951. The molecule has 9 heteroatoms. The topological polar surface area (TPSA) is 105 Å². The monoisotopic (exact) mass is 403 g/mol. The Hall–Kier alpha value is -3.33. The van der Waals surface area contributed by atoms with Gasteiger partial charge in [-0.1, -0.05) is 0 Å². The fourth-order valence-corrected chi connectivity index (χ4v) is 2.98. The van der Waals surface area contributed by atoms with E-state index in [-0.39, 0.29) is 24.9 Å². The number of carbonyl (C=O) groups is 2. The maximum atomic E-state index is 12.9. The summed E-state index contributed by atoms with van der Waals surface area (Å²) in [5.74, 6) is 0.680. The van der Waals surface area contributed by atoms with Gasteiger partial charge in [0, 0.05) is 12.1 Å². The molecule has 0 atom stereocenters. The molecule has 154 valence electrons. The van der Waals surface area contributed by atoms with Gasteiger partial charge in [0.25, 0.3) is 5.91 Å². The lowest BCUT2D eigenvalue weighted by atomic mass is 9.99. The summed E-state index contributed by atoms with van der Waals surface area (Å²) in [7, 11) is 0. The molecular formula is C20H22FN3O5. The van der Waals surface area contributed by atoms with Gasteiger partial charge < -0.3 is 20.1 Å². The van der Waals surface area contributed by atoms with E-state index in [9.17, 15) is 19.2 Å². The van der Waals surface area contributed by atoms with Crippen molar-refractivity contribution in [3.63, 3.8) is 0 Å². The highest BCUT2D eigenvalue weighted by Gasteiger charge is 2.24. The Bertz CT molecular complexity index is 875. The predicted octanol–water partition coefficient (Wildman–Crippen LogP) is 2.05. The first-order chi connectivity index (χ1) is 13.9. The van der Waals surface area contributed by atoms with E-state index < -0.39 is 6.03 Å². The molecule has 3 rings (SSSR count). The third kappa shape index (κ3) is 5.35. The number of nitrogens with two attached hydrogens (primary N) is 1. The minimum absolute atomic E-state index is 0.0623. The SMILES string of the molecule is NC(=O)N(O)CCOc1ccc2c(c1)CCN(CCOc1ccc(F)cc1)C2=O. The zero-order valence-corrected chi connectivity index (χ0v) is 15.7. The lowest BCUT2D eigenvalue weighted by Crippen LogP contribution is -2.40. The van der Waals surface area contributed by atoms with Gasteiger partial charge in [0.1, 0.15) is 30.5 Å². The number of primary amides is 1. The molecule has 1 heterocycles. The fourth-order valence-electron chi connectivity index (χ4n) is 2.98. The van der Waals surface area contributed by atoms with Crippen molar-refractivity contribution in [2.24, 2.45) is 5.73 Å². The number of amides is 3. The Morgan fingerprint density at radius 2 is 1.83 bits per heavy atom. The first-order valence-corrected chi connectivity index (χ1v) is 9.13. The van der Waals surface area contributed by atoms with E-state index in [4.69, 9.17) is 15.2 Å². The van der Waals surface area contributed by atoms with E-state index in [2.05, 4.69) is 0 Å².